The van der Waals surface area contributed by atoms with Gasteiger partial charge in [-0.2, -0.15) is 0 Å². The average molecular weight is 213 g/mol. The Balaban J connectivity index is 0. The molecular weight excluding hydrogens is 197 g/mol. The molecule has 78 valence electrons. The first kappa shape index (κ1) is 16.3. The molecule has 0 aliphatic rings. The van der Waals surface area contributed by atoms with Gasteiger partial charge >= 0.3 is 35.5 Å². The van der Waals surface area contributed by atoms with E-state index in [-0.39, 0.29) is 48.4 Å². The molecule has 5 nitrogen and oxygen atoms in total. The van der Waals surface area contributed by atoms with Gasteiger partial charge in [-0.25, -0.2) is 0 Å². The Morgan fingerprint density at radius 2 is 2.00 bits per heavy atom. The van der Waals surface area contributed by atoms with Crippen LogP contribution in [0, 0.1) is 22.0 Å². The van der Waals surface area contributed by atoms with Crippen LogP contribution in [-0.2, 0) is 4.79 Å². The average Bonchev–Trinajstić information content (AvgIpc) is 1.80. The van der Waals surface area contributed by atoms with Crippen LogP contribution < -0.4 is 0 Å². The SMILES string of the molecule is CC(C)C[C@@H](CC(=O)O)C[N+](=O)[O-].[NaH]. The van der Waals surface area contributed by atoms with E-state index in [9.17, 15) is 14.9 Å². The topological polar surface area (TPSA) is 80.4 Å². The van der Waals surface area contributed by atoms with Gasteiger partial charge in [0.1, 0.15) is 0 Å². The zero-order valence-corrected chi connectivity index (χ0v) is 7.90. The van der Waals surface area contributed by atoms with Crippen molar-refractivity contribution in [3.63, 3.8) is 0 Å². The molecule has 0 bridgehead atoms. The monoisotopic (exact) mass is 213 g/mol. The van der Waals surface area contributed by atoms with Crippen LogP contribution in [0.1, 0.15) is 26.7 Å². The molecule has 0 spiro atoms. The van der Waals surface area contributed by atoms with Crippen LogP contribution in [0.5, 0.6) is 0 Å². The fourth-order valence-electron chi connectivity index (χ4n) is 1.35. The van der Waals surface area contributed by atoms with Gasteiger partial charge in [-0.1, -0.05) is 13.8 Å². The second kappa shape index (κ2) is 8.20. The molecule has 1 N–H and O–H groups in total. The van der Waals surface area contributed by atoms with Gasteiger partial charge in [-0.3, -0.25) is 14.9 Å². The van der Waals surface area contributed by atoms with Crippen LogP contribution in [0.4, 0.5) is 0 Å². The Hall–Kier alpha value is -0.130. The molecule has 0 aromatic heterocycles. The second-order valence-corrected chi connectivity index (χ2v) is 3.61. The summed E-state index contributed by atoms with van der Waals surface area (Å²) in [5.41, 5.74) is 0. The van der Waals surface area contributed by atoms with Gasteiger partial charge in [0.15, 0.2) is 0 Å². The molecular formula is C8H16NNaO4. The van der Waals surface area contributed by atoms with Crippen molar-refractivity contribution in [2.24, 2.45) is 11.8 Å². The standard InChI is InChI=1S/C8H15NO4.Na.H/c1-6(2)3-7(4-8(10)11)5-9(12)13;;/h6-7H,3-5H2,1-2H3,(H,10,11);;/t7-;;/m0../s1. The van der Waals surface area contributed by atoms with E-state index in [2.05, 4.69) is 0 Å². The Morgan fingerprint density at radius 3 is 2.29 bits per heavy atom. The van der Waals surface area contributed by atoms with Crippen molar-refractivity contribution < 1.29 is 14.8 Å². The van der Waals surface area contributed by atoms with Gasteiger partial charge in [0, 0.05) is 10.8 Å². The molecule has 0 saturated carbocycles. The van der Waals surface area contributed by atoms with E-state index < -0.39 is 10.9 Å². The van der Waals surface area contributed by atoms with Crippen molar-refractivity contribution in [2.45, 2.75) is 26.7 Å². The molecule has 14 heavy (non-hydrogen) atoms. The molecule has 1 atom stereocenters. The number of rotatable bonds is 6. The maximum atomic E-state index is 10.4. The third-order valence-electron chi connectivity index (χ3n) is 1.68. The van der Waals surface area contributed by atoms with Crippen LogP contribution in [0.3, 0.4) is 0 Å². The molecule has 0 aliphatic carbocycles. The number of carboxylic acid groups (broad SMARTS) is 1. The number of nitrogens with zero attached hydrogens (tertiary/aromatic N) is 1. The molecule has 0 heterocycles. The number of carboxylic acids is 1. The molecule has 0 amide bonds. The Kier molecular flexibility index (Phi) is 9.55. The predicted molar refractivity (Wildman–Crippen MR) is 54.2 cm³/mol. The number of aliphatic carboxylic acids is 1. The van der Waals surface area contributed by atoms with Crippen molar-refractivity contribution in [1.29, 1.82) is 0 Å². The van der Waals surface area contributed by atoms with E-state index >= 15 is 0 Å². The summed E-state index contributed by atoms with van der Waals surface area (Å²) in [5.74, 6) is -1.01. The molecule has 0 aliphatic heterocycles. The van der Waals surface area contributed by atoms with Crippen molar-refractivity contribution in [1.82, 2.24) is 0 Å². The first-order valence-electron chi connectivity index (χ1n) is 4.25. The van der Waals surface area contributed by atoms with E-state index in [0.29, 0.717) is 12.3 Å². The van der Waals surface area contributed by atoms with E-state index in [1.165, 1.54) is 0 Å². The zero-order chi connectivity index (χ0) is 10.4. The van der Waals surface area contributed by atoms with E-state index in [1.807, 2.05) is 13.8 Å². The van der Waals surface area contributed by atoms with E-state index in [4.69, 9.17) is 5.11 Å². The summed E-state index contributed by atoms with van der Waals surface area (Å²) in [6.45, 7) is 3.61. The maximum absolute atomic E-state index is 10.4. The zero-order valence-electron chi connectivity index (χ0n) is 7.90. The van der Waals surface area contributed by atoms with Crippen LogP contribution in [0.2, 0.25) is 0 Å². The molecule has 0 unspecified atom stereocenters. The van der Waals surface area contributed by atoms with Crippen molar-refractivity contribution in [3.05, 3.63) is 10.1 Å². The molecule has 0 aromatic carbocycles. The van der Waals surface area contributed by atoms with Crippen LogP contribution in [0.25, 0.3) is 0 Å². The molecule has 6 heteroatoms. The molecule has 0 aromatic rings. The van der Waals surface area contributed by atoms with Crippen LogP contribution in [-0.4, -0.2) is 52.1 Å². The molecule has 0 saturated heterocycles. The summed E-state index contributed by atoms with van der Waals surface area (Å²) in [5, 5.41) is 18.7. The third-order valence-corrected chi connectivity index (χ3v) is 1.68. The quantitative estimate of drug-likeness (QED) is 0.401. The predicted octanol–water partition coefficient (Wildman–Crippen LogP) is 0.752. The summed E-state index contributed by atoms with van der Waals surface area (Å²) in [6, 6.07) is 0. The van der Waals surface area contributed by atoms with Crippen molar-refractivity contribution in [2.75, 3.05) is 6.54 Å². The van der Waals surface area contributed by atoms with E-state index in [0.717, 1.165) is 0 Å². The van der Waals surface area contributed by atoms with E-state index in [1.54, 1.807) is 0 Å². The van der Waals surface area contributed by atoms with Gasteiger partial charge in [0.05, 0.1) is 6.42 Å². The summed E-state index contributed by atoms with van der Waals surface area (Å²) in [4.78, 5) is 20.1. The van der Waals surface area contributed by atoms with Crippen molar-refractivity contribution >= 4 is 35.5 Å². The fraction of sp³-hybridized carbons (Fsp3) is 0.875. The molecule has 0 rings (SSSR count). The normalized spacial score (nSPS) is 11.9. The minimum atomic E-state index is -0.965. The van der Waals surface area contributed by atoms with Gasteiger partial charge in [-0.05, 0) is 12.3 Å². The van der Waals surface area contributed by atoms with Gasteiger partial charge in [-0.15, -0.1) is 0 Å². The number of nitro groups is 1. The minimum absolute atomic E-state index is 0. The third kappa shape index (κ3) is 9.95. The summed E-state index contributed by atoms with van der Waals surface area (Å²) >= 11 is 0. The Morgan fingerprint density at radius 1 is 1.50 bits per heavy atom. The fourth-order valence-corrected chi connectivity index (χ4v) is 1.35. The summed E-state index contributed by atoms with van der Waals surface area (Å²) < 4.78 is 0. The van der Waals surface area contributed by atoms with Crippen LogP contribution in [0.15, 0.2) is 0 Å². The second-order valence-electron chi connectivity index (χ2n) is 3.61. The first-order valence-corrected chi connectivity index (χ1v) is 4.25. The van der Waals surface area contributed by atoms with Crippen LogP contribution >= 0.6 is 0 Å². The summed E-state index contributed by atoms with van der Waals surface area (Å²) in [6.07, 6.45) is 0.479. The number of hydrogen-bond donors (Lipinski definition) is 1. The van der Waals surface area contributed by atoms with Crippen molar-refractivity contribution in [3.8, 4) is 0 Å². The summed E-state index contributed by atoms with van der Waals surface area (Å²) in [7, 11) is 0. The Labute approximate surface area is 105 Å². The van der Waals surface area contributed by atoms with Gasteiger partial charge in [0.2, 0.25) is 6.54 Å². The number of carbonyl (C=O) groups is 1. The molecule has 0 fully saturated rings. The first-order chi connectivity index (χ1) is 5.91. The van der Waals surface area contributed by atoms with Gasteiger partial charge < -0.3 is 5.11 Å². The Bertz CT molecular complexity index is 180. The molecule has 0 radical (unpaired) electrons. The van der Waals surface area contributed by atoms with Gasteiger partial charge in [0.25, 0.3) is 0 Å². The number of hydrogen-bond acceptors (Lipinski definition) is 3.